The Balaban J connectivity index is 2.20. The van der Waals surface area contributed by atoms with Crippen molar-refractivity contribution in [1.82, 2.24) is 5.48 Å². The second-order valence-corrected chi connectivity index (χ2v) is 9.10. The number of hydrogen-bond acceptors (Lipinski definition) is 4. The minimum atomic E-state index is -3.68. The third-order valence-electron chi connectivity index (χ3n) is 4.95. The molecule has 5 nitrogen and oxygen atoms in total. The van der Waals surface area contributed by atoms with E-state index in [1.165, 1.54) is 23.5 Å². The molecular weight excluding hydrogens is 350 g/mol. The number of hydrogen-bond donors (Lipinski definition) is 2. The largest absolute Gasteiger partial charge is 0.289 e. The van der Waals surface area contributed by atoms with Crippen LogP contribution in [-0.4, -0.2) is 30.5 Å². The van der Waals surface area contributed by atoms with Crippen molar-refractivity contribution in [3.8, 4) is 11.1 Å². The van der Waals surface area contributed by atoms with Gasteiger partial charge in [0.25, 0.3) is 5.91 Å². The third kappa shape index (κ3) is 4.14. The Bertz CT molecular complexity index is 875. The standard InChI is InChI=1S/C20H25NO4S/c1-4-16-7-5-6-8-18(16)17-11-9-15(10-12-17)13-14-20(2,19(22)21-23)26(3,24)25/h5-12,23H,4,13-14H2,1-3H3,(H,21,22)/t20-/m1/s1. The minimum absolute atomic E-state index is 0.0864. The highest BCUT2D eigenvalue weighted by Gasteiger charge is 2.43. The van der Waals surface area contributed by atoms with Crippen molar-refractivity contribution in [2.75, 3.05) is 6.26 Å². The molecule has 1 atom stereocenters. The van der Waals surface area contributed by atoms with Crippen molar-refractivity contribution < 1.29 is 18.4 Å². The van der Waals surface area contributed by atoms with E-state index in [0.29, 0.717) is 6.42 Å². The van der Waals surface area contributed by atoms with Crippen molar-refractivity contribution >= 4 is 15.7 Å². The molecule has 0 unspecified atom stereocenters. The zero-order valence-corrected chi connectivity index (χ0v) is 16.1. The molecule has 2 rings (SSSR count). The van der Waals surface area contributed by atoms with E-state index >= 15 is 0 Å². The number of nitrogens with one attached hydrogen (secondary N) is 1. The Morgan fingerprint density at radius 1 is 1.12 bits per heavy atom. The maximum Gasteiger partial charge on any atom is 0.264 e. The maximum absolute atomic E-state index is 12.0. The quantitative estimate of drug-likeness (QED) is 0.575. The van der Waals surface area contributed by atoms with E-state index in [0.717, 1.165) is 23.8 Å². The number of rotatable bonds is 7. The van der Waals surface area contributed by atoms with E-state index in [4.69, 9.17) is 5.21 Å². The Hall–Kier alpha value is -2.18. The van der Waals surface area contributed by atoms with E-state index in [9.17, 15) is 13.2 Å². The van der Waals surface area contributed by atoms with E-state index in [-0.39, 0.29) is 6.42 Å². The predicted molar refractivity (Wildman–Crippen MR) is 103 cm³/mol. The molecule has 0 radical (unpaired) electrons. The number of aryl methyl sites for hydroxylation is 2. The van der Waals surface area contributed by atoms with Gasteiger partial charge in [0, 0.05) is 6.26 Å². The third-order valence-corrected chi connectivity index (χ3v) is 6.98. The van der Waals surface area contributed by atoms with Crippen molar-refractivity contribution in [1.29, 1.82) is 0 Å². The number of benzene rings is 2. The summed E-state index contributed by atoms with van der Waals surface area (Å²) in [6.07, 6.45) is 2.45. The Morgan fingerprint density at radius 2 is 1.73 bits per heavy atom. The van der Waals surface area contributed by atoms with Crippen LogP contribution in [0.15, 0.2) is 48.5 Å². The molecule has 2 N–H and O–H groups in total. The van der Waals surface area contributed by atoms with Crippen molar-refractivity contribution in [3.63, 3.8) is 0 Å². The molecule has 0 fully saturated rings. The van der Waals surface area contributed by atoms with Crippen molar-refractivity contribution in [2.24, 2.45) is 0 Å². The molecule has 0 saturated heterocycles. The Morgan fingerprint density at radius 3 is 2.27 bits per heavy atom. The second kappa shape index (κ2) is 8.01. The summed E-state index contributed by atoms with van der Waals surface area (Å²) in [6.45, 7) is 3.45. The fourth-order valence-corrected chi connectivity index (χ4v) is 3.78. The van der Waals surface area contributed by atoms with Gasteiger partial charge in [0.05, 0.1) is 0 Å². The summed E-state index contributed by atoms with van der Waals surface area (Å²) in [5.41, 5.74) is 5.96. The Labute approximate surface area is 154 Å². The highest BCUT2D eigenvalue weighted by atomic mass is 32.2. The lowest BCUT2D eigenvalue weighted by Gasteiger charge is -2.25. The fourth-order valence-electron chi connectivity index (χ4n) is 2.93. The molecule has 0 aliphatic carbocycles. The number of hydroxylamine groups is 1. The molecule has 0 bridgehead atoms. The minimum Gasteiger partial charge on any atom is -0.289 e. The van der Waals surface area contributed by atoms with E-state index in [2.05, 4.69) is 19.1 Å². The average molecular weight is 375 g/mol. The number of amides is 1. The summed E-state index contributed by atoms with van der Waals surface area (Å²) in [5, 5.41) is 8.88. The van der Waals surface area contributed by atoms with Crippen LogP contribution in [0.2, 0.25) is 0 Å². The smallest absolute Gasteiger partial charge is 0.264 e. The number of sulfone groups is 1. The van der Waals surface area contributed by atoms with Crippen molar-refractivity contribution in [2.45, 2.75) is 37.9 Å². The summed E-state index contributed by atoms with van der Waals surface area (Å²) in [4.78, 5) is 11.9. The lowest BCUT2D eigenvalue weighted by Crippen LogP contribution is -2.49. The van der Waals surface area contributed by atoms with Crippen LogP contribution in [0.1, 0.15) is 31.4 Å². The lowest BCUT2D eigenvalue weighted by atomic mass is 9.95. The van der Waals surface area contributed by atoms with E-state index in [1.807, 2.05) is 36.4 Å². The summed E-state index contributed by atoms with van der Waals surface area (Å²) < 4.78 is 22.4. The van der Waals surface area contributed by atoms with E-state index < -0.39 is 20.5 Å². The highest BCUT2D eigenvalue weighted by Crippen LogP contribution is 2.27. The molecule has 0 aliphatic rings. The molecular formula is C20H25NO4S. The summed E-state index contributed by atoms with van der Waals surface area (Å²) in [5.74, 6) is -0.909. The fraction of sp³-hybridized carbons (Fsp3) is 0.350. The van der Waals surface area contributed by atoms with Gasteiger partial charge in [-0.15, -0.1) is 0 Å². The molecule has 0 heterocycles. The number of carbonyl (C=O) groups excluding carboxylic acids is 1. The first-order chi connectivity index (χ1) is 12.2. The van der Waals surface area contributed by atoms with Crippen LogP contribution >= 0.6 is 0 Å². The van der Waals surface area contributed by atoms with Crippen LogP contribution in [0.25, 0.3) is 11.1 Å². The summed E-state index contributed by atoms with van der Waals surface area (Å²) in [6, 6.07) is 16.1. The Kier molecular flexibility index (Phi) is 6.21. The molecule has 1 amide bonds. The van der Waals surface area contributed by atoms with Crippen LogP contribution in [-0.2, 0) is 27.5 Å². The normalized spacial score (nSPS) is 13.8. The van der Waals surface area contributed by atoms with Gasteiger partial charge in [-0.2, -0.15) is 0 Å². The number of carbonyl (C=O) groups is 1. The monoisotopic (exact) mass is 375 g/mol. The zero-order valence-electron chi connectivity index (χ0n) is 15.3. The van der Waals surface area contributed by atoms with Gasteiger partial charge in [-0.25, -0.2) is 13.9 Å². The maximum atomic E-state index is 12.0. The molecule has 6 heteroatoms. The van der Waals surface area contributed by atoms with Gasteiger partial charge in [0.15, 0.2) is 9.84 Å². The first-order valence-electron chi connectivity index (χ1n) is 8.54. The predicted octanol–water partition coefficient (Wildman–Crippen LogP) is 3.16. The van der Waals surface area contributed by atoms with Crippen LogP contribution in [0, 0.1) is 0 Å². The van der Waals surface area contributed by atoms with Gasteiger partial charge in [0.1, 0.15) is 4.75 Å². The van der Waals surface area contributed by atoms with Crippen LogP contribution in [0.4, 0.5) is 0 Å². The van der Waals surface area contributed by atoms with Gasteiger partial charge < -0.3 is 0 Å². The van der Waals surface area contributed by atoms with Crippen LogP contribution in [0.3, 0.4) is 0 Å². The van der Waals surface area contributed by atoms with Gasteiger partial charge in [-0.3, -0.25) is 10.0 Å². The molecule has 2 aromatic carbocycles. The van der Waals surface area contributed by atoms with Gasteiger partial charge >= 0.3 is 0 Å². The molecule has 0 aromatic heterocycles. The molecule has 2 aromatic rings. The first kappa shape index (κ1) is 20.1. The highest BCUT2D eigenvalue weighted by molar-refractivity contribution is 7.92. The molecule has 0 aliphatic heterocycles. The summed E-state index contributed by atoms with van der Waals surface area (Å²) in [7, 11) is -3.68. The van der Waals surface area contributed by atoms with Crippen LogP contribution in [0.5, 0.6) is 0 Å². The molecule has 26 heavy (non-hydrogen) atoms. The van der Waals surface area contributed by atoms with E-state index in [1.54, 1.807) is 0 Å². The zero-order chi connectivity index (χ0) is 19.4. The second-order valence-electron chi connectivity index (χ2n) is 6.65. The SMILES string of the molecule is CCc1ccccc1-c1ccc(CC[C@](C)(C(=O)NO)S(C)(=O)=O)cc1. The molecule has 0 saturated carbocycles. The van der Waals surface area contributed by atoms with Crippen molar-refractivity contribution in [3.05, 3.63) is 59.7 Å². The average Bonchev–Trinajstić information content (AvgIpc) is 2.64. The molecule has 140 valence electrons. The summed E-state index contributed by atoms with van der Waals surface area (Å²) >= 11 is 0. The topological polar surface area (TPSA) is 83.5 Å². The van der Waals surface area contributed by atoms with Gasteiger partial charge in [-0.1, -0.05) is 55.5 Å². The van der Waals surface area contributed by atoms with Gasteiger partial charge in [0.2, 0.25) is 0 Å². The first-order valence-corrected chi connectivity index (χ1v) is 10.4. The molecule has 0 spiro atoms. The lowest BCUT2D eigenvalue weighted by molar-refractivity contribution is -0.131. The van der Waals surface area contributed by atoms with Gasteiger partial charge in [-0.05, 0) is 48.4 Å². The van der Waals surface area contributed by atoms with Crippen LogP contribution < -0.4 is 5.48 Å².